The van der Waals surface area contributed by atoms with Gasteiger partial charge in [-0.3, -0.25) is 4.57 Å². The molecule has 0 aliphatic carbocycles. The van der Waals surface area contributed by atoms with E-state index < -0.39 is 0 Å². The van der Waals surface area contributed by atoms with Gasteiger partial charge >= 0.3 is 0 Å². The van der Waals surface area contributed by atoms with E-state index in [4.69, 9.17) is 9.72 Å². The average Bonchev–Trinajstić information content (AvgIpc) is 3.52. The van der Waals surface area contributed by atoms with Gasteiger partial charge in [0, 0.05) is 5.56 Å². The first-order valence-corrected chi connectivity index (χ1v) is 15.6. The maximum atomic E-state index is 6.34. The molecule has 0 bridgehead atoms. The maximum absolute atomic E-state index is 6.34. The van der Waals surface area contributed by atoms with Gasteiger partial charge in [0.25, 0.3) is 0 Å². The van der Waals surface area contributed by atoms with E-state index in [-0.39, 0.29) is 0 Å². The van der Waals surface area contributed by atoms with Gasteiger partial charge in [-0.15, -0.1) is 0 Å². The van der Waals surface area contributed by atoms with Crippen molar-refractivity contribution in [2.45, 2.75) is 0 Å². The summed E-state index contributed by atoms with van der Waals surface area (Å²) >= 11 is 0. The summed E-state index contributed by atoms with van der Waals surface area (Å²) < 4.78 is 8.60. The molecule has 0 saturated heterocycles. The third-order valence-electron chi connectivity index (χ3n) is 9.37. The standard InChI is InChI=1S/C43H26N2O/c1-2-13-28(14-3-1)40-32-17-6-7-18-33(32)41(31-19-10-15-27-12-4-5-16-30(27)31)35-26-29(24-25-34(35)40)43-44-36-20-11-23-39-42(36)45(43)37-21-8-9-22-38(37)46-39/h1-26H. The Balaban J connectivity index is 1.36. The summed E-state index contributed by atoms with van der Waals surface area (Å²) in [5, 5.41) is 7.37. The Hall–Kier alpha value is -6.19. The lowest BCUT2D eigenvalue weighted by molar-refractivity contribution is 0.476. The summed E-state index contributed by atoms with van der Waals surface area (Å²) in [4.78, 5) is 5.24. The van der Waals surface area contributed by atoms with Gasteiger partial charge in [-0.05, 0) is 84.9 Å². The van der Waals surface area contributed by atoms with Crippen molar-refractivity contribution in [3.05, 3.63) is 158 Å². The molecule has 3 heteroatoms. The SMILES string of the molecule is c1ccc(-c2c3ccccc3c(-c3cccc4ccccc34)c3cc(-c4nc5cccc6c5n4-c4ccccc4O6)ccc23)cc1. The summed E-state index contributed by atoms with van der Waals surface area (Å²) in [7, 11) is 0. The van der Waals surface area contributed by atoms with Crippen molar-refractivity contribution in [3.63, 3.8) is 0 Å². The predicted molar refractivity (Wildman–Crippen MR) is 190 cm³/mol. The van der Waals surface area contributed by atoms with Crippen LogP contribution < -0.4 is 4.74 Å². The molecule has 0 fully saturated rings. The van der Waals surface area contributed by atoms with E-state index in [2.05, 4.69) is 138 Å². The molecule has 1 aliphatic heterocycles. The third-order valence-corrected chi connectivity index (χ3v) is 9.37. The van der Waals surface area contributed by atoms with Crippen LogP contribution in [0.15, 0.2) is 158 Å². The lowest BCUT2D eigenvalue weighted by Gasteiger charge is -2.22. The zero-order valence-electron chi connectivity index (χ0n) is 24.8. The van der Waals surface area contributed by atoms with Gasteiger partial charge in [0.15, 0.2) is 11.5 Å². The molecule has 1 aromatic heterocycles. The van der Waals surface area contributed by atoms with Crippen LogP contribution in [0.4, 0.5) is 0 Å². The first kappa shape index (κ1) is 25.2. The minimum absolute atomic E-state index is 0.824. The zero-order chi connectivity index (χ0) is 30.2. The van der Waals surface area contributed by atoms with Gasteiger partial charge in [0.1, 0.15) is 11.3 Å². The lowest BCUT2D eigenvalue weighted by Crippen LogP contribution is -2.05. The van der Waals surface area contributed by atoms with Crippen LogP contribution in [0, 0.1) is 0 Å². The summed E-state index contributed by atoms with van der Waals surface area (Å²) in [6, 6.07) is 56.2. The first-order chi connectivity index (χ1) is 22.8. The van der Waals surface area contributed by atoms with Crippen LogP contribution in [0.3, 0.4) is 0 Å². The Morgan fingerprint density at radius 2 is 1.13 bits per heavy atom. The molecule has 0 amide bonds. The highest BCUT2D eigenvalue weighted by Crippen LogP contribution is 2.48. The number of fused-ring (bicyclic) bond motifs is 5. The lowest BCUT2D eigenvalue weighted by atomic mass is 9.84. The quantitative estimate of drug-likeness (QED) is 0.193. The molecule has 9 aromatic rings. The van der Waals surface area contributed by atoms with E-state index in [0.717, 1.165) is 39.6 Å². The molecule has 10 rings (SSSR count). The number of imidazole rings is 1. The predicted octanol–water partition coefficient (Wildman–Crippen LogP) is 11.6. The molecule has 8 aromatic carbocycles. The van der Waals surface area contributed by atoms with Crippen molar-refractivity contribution in [2.24, 2.45) is 0 Å². The molecule has 214 valence electrons. The van der Waals surface area contributed by atoms with Gasteiger partial charge in [-0.1, -0.05) is 127 Å². The van der Waals surface area contributed by atoms with Gasteiger partial charge in [0.2, 0.25) is 0 Å². The van der Waals surface area contributed by atoms with Crippen LogP contribution in [0.1, 0.15) is 0 Å². The minimum Gasteiger partial charge on any atom is -0.453 e. The number of nitrogens with zero attached hydrogens (tertiary/aromatic N) is 2. The molecule has 0 radical (unpaired) electrons. The van der Waals surface area contributed by atoms with E-state index in [9.17, 15) is 0 Å². The number of hydrogen-bond acceptors (Lipinski definition) is 2. The number of ether oxygens (including phenoxy) is 1. The molecular formula is C43H26N2O. The molecule has 1 aliphatic rings. The second kappa shape index (κ2) is 9.65. The Labute approximate surface area is 265 Å². The van der Waals surface area contributed by atoms with Gasteiger partial charge < -0.3 is 4.74 Å². The first-order valence-electron chi connectivity index (χ1n) is 15.6. The monoisotopic (exact) mass is 586 g/mol. The van der Waals surface area contributed by atoms with Crippen molar-refractivity contribution in [1.82, 2.24) is 9.55 Å². The fourth-order valence-corrected chi connectivity index (χ4v) is 7.42. The third kappa shape index (κ3) is 3.57. The smallest absolute Gasteiger partial charge is 0.153 e. The molecular weight excluding hydrogens is 560 g/mol. The van der Waals surface area contributed by atoms with Gasteiger partial charge in [0.05, 0.1) is 11.2 Å². The Kier molecular flexibility index (Phi) is 5.28. The molecule has 46 heavy (non-hydrogen) atoms. The van der Waals surface area contributed by atoms with Crippen molar-refractivity contribution < 1.29 is 4.74 Å². The second-order valence-electron chi connectivity index (χ2n) is 11.9. The van der Waals surface area contributed by atoms with Crippen LogP contribution in [0.25, 0.3) is 82.7 Å². The minimum atomic E-state index is 0.824. The number of hydrogen-bond donors (Lipinski definition) is 0. The number of benzene rings is 8. The largest absolute Gasteiger partial charge is 0.453 e. The second-order valence-corrected chi connectivity index (χ2v) is 11.9. The summed E-state index contributed by atoms with van der Waals surface area (Å²) in [6.07, 6.45) is 0. The van der Waals surface area contributed by atoms with E-state index >= 15 is 0 Å². The normalized spacial score (nSPS) is 12.1. The number of para-hydroxylation sites is 3. The zero-order valence-corrected chi connectivity index (χ0v) is 24.8. The van der Waals surface area contributed by atoms with Crippen LogP contribution in [-0.4, -0.2) is 9.55 Å². The fourth-order valence-electron chi connectivity index (χ4n) is 7.42. The highest BCUT2D eigenvalue weighted by Gasteiger charge is 2.26. The number of aromatic nitrogens is 2. The highest BCUT2D eigenvalue weighted by molar-refractivity contribution is 6.24. The molecule has 2 heterocycles. The van der Waals surface area contributed by atoms with Crippen molar-refractivity contribution in [2.75, 3.05) is 0 Å². The van der Waals surface area contributed by atoms with Crippen LogP contribution in [0.2, 0.25) is 0 Å². The molecule has 0 unspecified atom stereocenters. The fraction of sp³-hybridized carbons (Fsp3) is 0. The average molecular weight is 587 g/mol. The van der Waals surface area contributed by atoms with E-state index in [1.165, 1.54) is 54.6 Å². The Morgan fingerprint density at radius 1 is 0.457 bits per heavy atom. The molecule has 0 atom stereocenters. The van der Waals surface area contributed by atoms with Crippen molar-refractivity contribution >= 4 is 43.4 Å². The molecule has 0 saturated carbocycles. The number of rotatable bonds is 3. The van der Waals surface area contributed by atoms with Gasteiger partial charge in [-0.25, -0.2) is 4.98 Å². The van der Waals surface area contributed by atoms with E-state index in [1.54, 1.807) is 0 Å². The van der Waals surface area contributed by atoms with Crippen LogP contribution >= 0.6 is 0 Å². The van der Waals surface area contributed by atoms with E-state index in [0.29, 0.717) is 0 Å². The van der Waals surface area contributed by atoms with Gasteiger partial charge in [-0.2, -0.15) is 0 Å². The topological polar surface area (TPSA) is 27.1 Å². The Bertz CT molecular complexity index is 2660. The molecule has 3 nitrogen and oxygen atoms in total. The van der Waals surface area contributed by atoms with Crippen molar-refractivity contribution in [1.29, 1.82) is 0 Å². The van der Waals surface area contributed by atoms with Crippen molar-refractivity contribution in [3.8, 4) is 50.8 Å². The van der Waals surface area contributed by atoms with Crippen LogP contribution in [-0.2, 0) is 0 Å². The Morgan fingerprint density at radius 3 is 2.02 bits per heavy atom. The molecule has 0 N–H and O–H groups in total. The summed E-state index contributed by atoms with van der Waals surface area (Å²) in [5.74, 6) is 2.55. The summed E-state index contributed by atoms with van der Waals surface area (Å²) in [5.41, 5.74) is 8.89. The van der Waals surface area contributed by atoms with Crippen LogP contribution in [0.5, 0.6) is 11.5 Å². The van der Waals surface area contributed by atoms with E-state index in [1.807, 2.05) is 24.3 Å². The molecule has 0 spiro atoms. The maximum Gasteiger partial charge on any atom is 0.153 e. The summed E-state index contributed by atoms with van der Waals surface area (Å²) in [6.45, 7) is 0. The highest BCUT2D eigenvalue weighted by atomic mass is 16.5.